The first-order valence-corrected chi connectivity index (χ1v) is 5.91. The fraction of sp³-hybridized carbons (Fsp3) is 0. The minimum Gasteiger partial charge on any atom is -0.478 e. The molecular weight excluding hydrogens is 306 g/mol. The SMILES string of the molecule is O=C(Nc1cc(C(=O)O)c(F)cc1F)c1ccc(Cl)nc1. The van der Waals surface area contributed by atoms with Gasteiger partial charge in [0.1, 0.15) is 16.8 Å². The number of nitrogens with one attached hydrogen (secondary N) is 1. The van der Waals surface area contributed by atoms with Gasteiger partial charge in [0, 0.05) is 12.3 Å². The molecule has 0 saturated heterocycles. The van der Waals surface area contributed by atoms with Crippen LogP contribution >= 0.6 is 11.6 Å². The number of carboxylic acid groups (broad SMARTS) is 1. The minimum atomic E-state index is -1.57. The molecule has 0 aliphatic carbocycles. The highest BCUT2D eigenvalue weighted by molar-refractivity contribution is 6.29. The molecule has 1 heterocycles. The number of nitrogens with zero attached hydrogens (tertiary/aromatic N) is 1. The van der Waals surface area contributed by atoms with Crippen molar-refractivity contribution >= 4 is 29.2 Å². The molecule has 0 atom stereocenters. The van der Waals surface area contributed by atoms with Crippen LogP contribution in [0, 0.1) is 11.6 Å². The van der Waals surface area contributed by atoms with Crippen LogP contribution in [0.4, 0.5) is 14.5 Å². The molecule has 0 spiro atoms. The van der Waals surface area contributed by atoms with E-state index in [0.29, 0.717) is 12.1 Å². The van der Waals surface area contributed by atoms with Crippen LogP contribution in [-0.2, 0) is 0 Å². The summed E-state index contributed by atoms with van der Waals surface area (Å²) in [6.45, 7) is 0. The van der Waals surface area contributed by atoms with E-state index in [1.165, 1.54) is 12.1 Å². The molecule has 2 aromatic rings. The Bertz CT molecular complexity index is 720. The summed E-state index contributed by atoms with van der Waals surface area (Å²) in [5.41, 5.74) is -1.12. The highest BCUT2D eigenvalue weighted by atomic mass is 35.5. The maximum Gasteiger partial charge on any atom is 0.338 e. The lowest BCUT2D eigenvalue weighted by Crippen LogP contribution is -2.14. The van der Waals surface area contributed by atoms with Crippen LogP contribution in [0.15, 0.2) is 30.5 Å². The molecule has 0 radical (unpaired) electrons. The van der Waals surface area contributed by atoms with Crippen LogP contribution in [0.2, 0.25) is 5.15 Å². The van der Waals surface area contributed by atoms with Gasteiger partial charge in [0.15, 0.2) is 0 Å². The number of carbonyl (C=O) groups is 2. The van der Waals surface area contributed by atoms with Crippen LogP contribution in [-0.4, -0.2) is 22.0 Å². The average Bonchev–Trinajstić information content (AvgIpc) is 2.42. The van der Waals surface area contributed by atoms with Gasteiger partial charge in [0.05, 0.1) is 16.8 Å². The average molecular weight is 313 g/mol. The number of aromatic nitrogens is 1. The van der Waals surface area contributed by atoms with Crippen molar-refractivity contribution in [2.24, 2.45) is 0 Å². The van der Waals surface area contributed by atoms with Crippen molar-refractivity contribution in [1.29, 1.82) is 0 Å². The first-order chi connectivity index (χ1) is 9.88. The van der Waals surface area contributed by atoms with E-state index < -0.39 is 34.8 Å². The second-order valence-electron chi connectivity index (χ2n) is 3.94. The molecule has 21 heavy (non-hydrogen) atoms. The molecule has 0 saturated carbocycles. The fourth-order valence-corrected chi connectivity index (χ4v) is 1.63. The van der Waals surface area contributed by atoms with Crippen molar-refractivity contribution in [1.82, 2.24) is 4.98 Å². The number of pyridine rings is 1. The summed E-state index contributed by atoms with van der Waals surface area (Å²) < 4.78 is 26.8. The number of carbonyl (C=O) groups excluding carboxylic acids is 1. The molecule has 1 amide bonds. The third kappa shape index (κ3) is 3.32. The van der Waals surface area contributed by atoms with Crippen LogP contribution < -0.4 is 5.32 Å². The van der Waals surface area contributed by atoms with Crippen LogP contribution in [0.5, 0.6) is 0 Å². The Kier molecular flexibility index (Phi) is 4.13. The lowest BCUT2D eigenvalue weighted by Gasteiger charge is -2.08. The Labute approximate surface area is 122 Å². The molecule has 0 fully saturated rings. The topological polar surface area (TPSA) is 79.3 Å². The fourth-order valence-electron chi connectivity index (χ4n) is 1.51. The second-order valence-corrected chi connectivity index (χ2v) is 4.33. The maximum absolute atomic E-state index is 13.5. The van der Waals surface area contributed by atoms with Gasteiger partial charge in [-0.1, -0.05) is 11.6 Å². The highest BCUT2D eigenvalue weighted by Crippen LogP contribution is 2.20. The van der Waals surface area contributed by atoms with Gasteiger partial charge >= 0.3 is 5.97 Å². The van der Waals surface area contributed by atoms with Crippen LogP contribution in [0.1, 0.15) is 20.7 Å². The lowest BCUT2D eigenvalue weighted by atomic mass is 10.1. The molecule has 0 bridgehead atoms. The van der Waals surface area contributed by atoms with Crippen molar-refractivity contribution in [2.75, 3.05) is 5.32 Å². The van der Waals surface area contributed by atoms with Gasteiger partial charge in [-0.05, 0) is 18.2 Å². The van der Waals surface area contributed by atoms with Crippen molar-refractivity contribution in [3.05, 3.63) is 58.4 Å². The zero-order chi connectivity index (χ0) is 15.6. The van der Waals surface area contributed by atoms with E-state index in [-0.39, 0.29) is 10.7 Å². The molecule has 0 unspecified atom stereocenters. The Morgan fingerprint density at radius 2 is 1.90 bits per heavy atom. The first-order valence-electron chi connectivity index (χ1n) is 5.53. The summed E-state index contributed by atoms with van der Waals surface area (Å²) in [5, 5.41) is 11.1. The molecule has 0 aliphatic heterocycles. The largest absolute Gasteiger partial charge is 0.478 e. The molecule has 2 N–H and O–H groups in total. The third-order valence-corrected chi connectivity index (χ3v) is 2.75. The van der Waals surface area contributed by atoms with Gasteiger partial charge in [0.25, 0.3) is 5.91 Å². The summed E-state index contributed by atoms with van der Waals surface area (Å²) in [6.07, 6.45) is 1.16. The van der Waals surface area contributed by atoms with Crippen molar-refractivity contribution in [2.45, 2.75) is 0 Å². The van der Waals surface area contributed by atoms with Crippen molar-refractivity contribution in [3.8, 4) is 0 Å². The summed E-state index contributed by atoms with van der Waals surface area (Å²) in [4.78, 5) is 26.3. The standard InChI is InChI=1S/C13H7ClF2N2O3/c14-11-2-1-6(5-17-11)12(19)18-10-3-7(13(20)21)8(15)4-9(10)16/h1-5H,(H,18,19)(H,20,21). The minimum absolute atomic E-state index is 0.0833. The van der Waals surface area contributed by atoms with E-state index in [0.717, 1.165) is 6.20 Å². The highest BCUT2D eigenvalue weighted by Gasteiger charge is 2.17. The van der Waals surface area contributed by atoms with Crippen molar-refractivity contribution in [3.63, 3.8) is 0 Å². The quantitative estimate of drug-likeness (QED) is 0.854. The Morgan fingerprint density at radius 1 is 1.19 bits per heavy atom. The van der Waals surface area contributed by atoms with Gasteiger partial charge in [0.2, 0.25) is 0 Å². The first kappa shape index (κ1) is 14.9. The van der Waals surface area contributed by atoms with E-state index in [1.807, 2.05) is 0 Å². The monoisotopic (exact) mass is 312 g/mol. The Hall–Kier alpha value is -2.54. The molecule has 108 valence electrons. The van der Waals surface area contributed by atoms with Crippen LogP contribution in [0.25, 0.3) is 0 Å². The Morgan fingerprint density at radius 3 is 2.48 bits per heavy atom. The molecule has 1 aromatic carbocycles. The zero-order valence-corrected chi connectivity index (χ0v) is 11.0. The molecular formula is C13H7ClF2N2O3. The molecule has 0 aliphatic rings. The van der Waals surface area contributed by atoms with E-state index in [1.54, 1.807) is 0 Å². The summed E-state index contributed by atoms with van der Waals surface area (Å²) in [5.74, 6) is -4.63. The number of amides is 1. The van der Waals surface area contributed by atoms with Crippen LogP contribution in [0.3, 0.4) is 0 Å². The zero-order valence-electron chi connectivity index (χ0n) is 10.2. The van der Waals surface area contributed by atoms with Gasteiger partial charge in [-0.15, -0.1) is 0 Å². The second kappa shape index (κ2) is 5.84. The normalized spacial score (nSPS) is 10.2. The van der Waals surface area contributed by atoms with Gasteiger partial charge < -0.3 is 10.4 Å². The smallest absolute Gasteiger partial charge is 0.338 e. The Balaban J connectivity index is 2.30. The maximum atomic E-state index is 13.5. The van der Waals surface area contributed by atoms with E-state index >= 15 is 0 Å². The van der Waals surface area contributed by atoms with E-state index in [2.05, 4.69) is 10.3 Å². The lowest BCUT2D eigenvalue weighted by molar-refractivity contribution is 0.0691. The number of aromatic carboxylic acids is 1. The van der Waals surface area contributed by atoms with E-state index in [9.17, 15) is 18.4 Å². The number of halogens is 3. The molecule has 5 nitrogen and oxygen atoms in total. The number of rotatable bonds is 3. The number of benzene rings is 1. The molecule has 2 rings (SSSR count). The molecule has 8 heteroatoms. The van der Waals surface area contributed by atoms with Gasteiger partial charge in [-0.25, -0.2) is 18.6 Å². The number of hydrogen-bond acceptors (Lipinski definition) is 3. The summed E-state index contributed by atoms with van der Waals surface area (Å²) in [6, 6.07) is 3.80. The molecule has 1 aromatic heterocycles. The summed E-state index contributed by atoms with van der Waals surface area (Å²) >= 11 is 5.57. The number of carboxylic acids is 1. The van der Waals surface area contributed by atoms with Gasteiger partial charge in [-0.3, -0.25) is 4.79 Å². The van der Waals surface area contributed by atoms with E-state index in [4.69, 9.17) is 16.7 Å². The van der Waals surface area contributed by atoms with Gasteiger partial charge in [-0.2, -0.15) is 0 Å². The number of anilines is 1. The predicted molar refractivity (Wildman–Crippen MR) is 70.5 cm³/mol. The predicted octanol–water partition coefficient (Wildman–Crippen LogP) is 2.96. The number of hydrogen-bond donors (Lipinski definition) is 2. The summed E-state index contributed by atoms with van der Waals surface area (Å²) in [7, 11) is 0. The third-order valence-electron chi connectivity index (χ3n) is 2.52. The van der Waals surface area contributed by atoms with Crippen molar-refractivity contribution < 1.29 is 23.5 Å².